The van der Waals surface area contributed by atoms with Gasteiger partial charge in [0.05, 0.1) is 16.8 Å². The van der Waals surface area contributed by atoms with Crippen LogP contribution in [-0.2, 0) is 18.0 Å². The Kier molecular flexibility index (Phi) is 7.62. The fraction of sp³-hybridized carbons (Fsp3) is 0.125. The molecular formula is C32H25F3N4O3. The molecule has 0 saturated carbocycles. The molecule has 0 aliphatic rings. The summed E-state index contributed by atoms with van der Waals surface area (Å²) in [5.41, 5.74) is 2.16. The second-order valence-electron chi connectivity index (χ2n) is 9.72. The maximum Gasteiger partial charge on any atom is 0.416 e. The normalized spacial score (nSPS) is 12.1. The Morgan fingerprint density at radius 1 is 0.857 bits per heavy atom. The smallest absolute Gasteiger partial charge is 0.340 e. The van der Waals surface area contributed by atoms with Crippen LogP contribution in [0, 0.1) is 0 Å². The van der Waals surface area contributed by atoms with Crippen molar-refractivity contribution in [3.05, 3.63) is 120 Å². The lowest BCUT2D eigenvalue weighted by atomic mass is 10.0. The zero-order chi connectivity index (χ0) is 30.0. The van der Waals surface area contributed by atoms with Crippen molar-refractivity contribution in [3.63, 3.8) is 0 Å². The number of aryl methyl sites for hydroxylation is 1. The van der Waals surface area contributed by atoms with Gasteiger partial charge in [0.25, 0.3) is 11.8 Å². The topological polar surface area (TPSA) is 93.1 Å². The number of nitrogens with one attached hydrogen (secondary N) is 2. The number of Topliss-reactive ketones (excluding diaryl/α,β-unsaturated/α-hetero) is 1. The number of pyridine rings is 1. The summed E-state index contributed by atoms with van der Waals surface area (Å²) < 4.78 is 40.7. The number of carbonyl (C=O) groups is 3. The molecule has 7 nitrogen and oxygen atoms in total. The van der Waals surface area contributed by atoms with Crippen LogP contribution in [0.25, 0.3) is 22.2 Å². The number of halogens is 3. The second kappa shape index (κ2) is 11.3. The van der Waals surface area contributed by atoms with Gasteiger partial charge in [-0.1, -0.05) is 42.5 Å². The summed E-state index contributed by atoms with van der Waals surface area (Å²) in [6.07, 6.45) is -3.02. The minimum atomic E-state index is -4.48. The van der Waals surface area contributed by atoms with Crippen LogP contribution in [0.5, 0.6) is 0 Å². The third-order valence-corrected chi connectivity index (χ3v) is 6.89. The molecule has 2 N–H and O–H groups in total. The lowest BCUT2D eigenvalue weighted by Crippen LogP contribution is -2.33. The first-order valence-corrected chi connectivity index (χ1v) is 12.9. The number of aromatic nitrogens is 2. The first kappa shape index (κ1) is 28.3. The predicted molar refractivity (Wildman–Crippen MR) is 153 cm³/mol. The molecule has 5 rings (SSSR count). The summed E-state index contributed by atoms with van der Waals surface area (Å²) in [4.78, 5) is 43.0. The van der Waals surface area contributed by atoms with E-state index in [0.29, 0.717) is 27.9 Å². The van der Waals surface area contributed by atoms with Gasteiger partial charge in [-0.15, -0.1) is 0 Å². The van der Waals surface area contributed by atoms with Gasteiger partial charge in [-0.3, -0.25) is 19.4 Å². The van der Waals surface area contributed by atoms with Crippen LogP contribution >= 0.6 is 0 Å². The van der Waals surface area contributed by atoms with E-state index in [9.17, 15) is 27.6 Å². The SMILES string of the molecule is CC(=O)C(NC(=O)c1cc2cc(NC(=O)c3cccnc3-c3ccc(C(F)(F)F)cc3)ccc2n1C)c1ccccc1. The monoisotopic (exact) mass is 570 g/mol. The zero-order valence-corrected chi connectivity index (χ0v) is 22.6. The van der Waals surface area contributed by atoms with E-state index in [1.165, 1.54) is 31.3 Å². The van der Waals surface area contributed by atoms with E-state index in [-0.39, 0.29) is 17.0 Å². The number of anilines is 1. The van der Waals surface area contributed by atoms with Gasteiger partial charge in [-0.25, -0.2) is 0 Å². The van der Waals surface area contributed by atoms with Gasteiger partial charge in [0.2, 0.25) is 0 Å². The maximum absolute atomic E-state index is 13.2. The van der Waals surface area contributed by atoms with Gasteiger partial charge in [-0.2, -0.15) is 13.2 Å². The molecule has 0 fully saturated rings. The van der Waals surface area contributed by atoms with E-state index in [4.69, 9.17) is 0 Å². The molecule has 2 amide bonds. The highest BCUT2D eigenvalue weighted by atomic mass is 19.4. The quantitative estimate of drug-likeness (QED) is 0.232. The first-order valence-electron chi connectivity index (χ1n) is 12.9. The van der Waals surface area contributed by atoms with E-state index in [1.807, 2.05) is 6.07 Å². The third kappa shape index (κ3) is 5.78. The van der Waals surface area contributed by atoms with Crippen molar-refractivity contribution in [3.8, 4) is 11.3 Å². The molecule has 2 aromatic heterocycles. The van der Waals surface area contributed by atoms with Crippen LogP contribution in [0.3, 0.4) is 0 Å². The van der Waals surface area contributed by atoms with Crippen LogP contribution < -0.4 is 10.6 Å². The van der Waals surface area contributed by atoms with Gasteiger partial charge in [0, 0.05) is 35.4 Å². The van der Waals surface area contributed by atoms with Crippen LogP contribution in [0.2, 0.25) is 0 Å². The zero-order valence-electron chi connectivity index (χ0n) is 22.6. The Morgan fingerprint density at radius 2 is 1.57 bits per heavy atom. The standard InChI is InChI=1S/C32H25F3N4O3/c1-19(40)28(20-7-4-3-5-8-20)38-31(42)27-18-22-17-24(14-15-26(22)39(27)2)37-30(41)25-9-6-16-36-29(25)21-10-12-23(13-11-21)32(33,34)35/h3-18,28H,1-2H3,(H,37,41)(H,38,42). The molecule has 10 heteroatoms. The fourth-order valence-corrected chi connectivity index (χ4v) is 4.75. The lowest BCUT2D eigenvalue weighted by Gasteiger charge is -2.16. The van der Waals surface area contributed by atoms with Gasteiger partial charge < -0.3 is 15.2 Å². The third-order valence-electron chi connectivity index (χ3n) is 6.89. The van der Waals surface area contributed by atoms with E-state index in [2.05, 4.69) is 15.6 Å². The first-order chi connectivity index (χ1) is 20.0. The summed E-state index contributed by atoms with van der Waals surface area (Å²) in [5.74, 6) is -1.14. The summed E-state index contributed by atoms with van der Waals surface area (Å²) in [6, 6.07) is 22.5. The van der Waals surface area contributed by atoms with Crippen molar-refractivity contribution in [1.82, 2.24) is 14.9 Å². The molecule has 1 atom stereocenters. The highest BCUT2D eigenvalue weighted by molar-refractivity contribution is 6.09. The van der Waals surface area contributed by atoms with Gasteiger partial charge >= 0.3 is 6.18 Å². The minimum Gasteiger partial charge on any atom is -0.340 e. The molecule has 0 spiro atoms. The second-order valence-corrected chi connectivity index (χ2v) is 9.72. The van der Waals surface area contributed by atoms with E-state index in [0.717, 1.165) is 17.6 Å². The average molecular weight is 571 g/mol. The molecule has 212 valence electrons. The average Bonchev–Trinajstić information content (AvgIpc) is 3.31. The van der Waals surface area contributed by atoms with E-state index >= 15 is 0 Å². The van der Waals surface area contributed by atoms with Crippen molar-refractivity contribution in [1.29, 1.82) is 0 Å². The van der Waals surface area contributed by atoms with Crippen molar-refractivity contribution in [2.45, 2.75) is 19.1 Å². The molecule has 0 aliphatic carbocycles. The number of nitrogens with zero attached hydrogens (tertiary/aromatic N) is 2. The number of amides is 2. The summed E-state index contributed by atoms with van der Waals surface area (Å²) in [5, 5.41) is 6.29. The Balaban J connectivity index is 1.38. The number of hydrogen-bond donors (Lipinski definition) is 2. The maximum atomic E-state index is 13.2. The van der Waals surface area contributed by atoms with Crippen LogP contribution in [0.4, 0.5) is 18.9 Å². The molecule has 42 heavy (non-hydrogen) atoms. The molecule has 3 aromatic carbocycles. The van der Waals surface area contributed by atoms with Crippen molar-refractivity contribution in [2.24, 2.45) is 7.05 Å². The molecule has 0 bridgehead atoms. The molecular weight excluding hydrogens is 545 g/mol. The number of rotatable bonds is 7. The van der Waals surface area contributed by atoms with Crippen LogP contribution in [0.1, 0.15) is 44.9 Å². The summed E-state index contributed by atoms with van der Waals surface area (Å²) in [6.45, 7) is 1.42. The fourth-order valence-electron chi connectivity index (χ4n) is 4.75. The van der Waals surface area contributed by atoms with Gasteiger partial charge in [-0.05, 0) is 61.0 Å². The van der Waals surface area contributed by atoms with E-state index in [1.54, 1.807) is 66.2 Å². The number of benzene rings is 3. The Morgan fingerprint density at radius 3 is 2.24 bits per heavy atom. The minimum absolute atomic E-state index is 0.182. The molecule has 2 heterocycles. The van der Waals surface area contributed by atoms with Gasteiger partial charge in [0.1, 0.15) is 11.7 Å². The lowest BCUT2D eigenvalue weighted by molar-refractivity contribution is -0.137. The highest BCUT2D eigenvalue weighted by Crippen LogP contribution is 2.32. The Bertz CT molecular complexity index is 1800. The van der Waals surface area contributed by atoms with Crippen molar-refractivity contribution in [2.75, 3.05) is 5.32 Å². The number of carbonyl (C=O) groups excluding carboxylic acids is 3. The molecule has 0 saturated heterocycles. The summed E-state index contributed by atoms with van der Waals surface area (Å²) >= 11 is 0. The number of ketones is 1. The highest BCUT2D eigenvalue weighted by Gasteiger charge is 2.30. The number of alkyl halides is 3. The molecule has 1 unspecified atom stereocenters. The van der Waals surface area contributed by atoms with E-state index < -0.39 is 29.6 Å². The van der Waals surface area contributed by atoms with Crippen molar-refractivity contribution < 1.29 is 27.6 Å². The largest absolute Gasteiger partial charge is 0.416 e. The predicted octanol–water partition coefficient (Wildman–Crippen LogP) is 6.57. The summed E-state index contributed by atoms with van der Waals surface area (Å²) in [7, 11) is 1.73. The molecule has 0 radical (unpaired) electrons. The molecule has 0 aliphatic heterocycles. The molecule has 5 aromatic rings. The Labute approximate surface area is 239 Å². The van der Waals surface area contributed by atoms with Crippen LogP contribution in [-0.4, -0.2) is 27.1 Å². The number of hydrogen-bond acceptors (Lipinski definition) is 4. The van der Waals surface area contributed by atoms with Crippen molar-refractivity contribution >= 4 is 34.2 Å². The van der Waals surface area contributed by atoms with Crippen LogP contribution in [0.15, 0.2) is 97.2 Å². The Hall–Kier alpha value is -5.25. The van der Waals surface area contributed by atoms with Gasteiger partial charge in [0.15, 0.2) is 5.78 Å². The number of fused-ring (bicyclic) bond motifs is 1.